The molecule has 1 aromatic carbocycles. The molecule has 0 saturated carbocycles. The quantitative estimate of drug-likeness (QED) is 0.469. The molecule has 0 bridgehead atoms. The second-order valence-electron chi connectivity index (χ2n) is 5.12. The Bertz CT molecular complexity index is 668. The summed E-state index contributed by atoms with van der Waals surface area (Å²) in [6, 6.07) is 3.99. The first-order chi connectivity index (χ1) is 10.1. The van der Waals surface area contributed by atoms with Gasteiger partial charge in [0, 0.05) is 12.1 Å². The summed E-state index contributed by atoms with van der Waals surface area (Å²) in [4.78, 5) is 34.8. The minimum absolute atomic E-state index is 0.135. The van der Waals surface area contributed by atoms with Crippen LogP contribution in [0, 0.1) is 22.0 Å². The zero-order valence-corrected chi connectivity index (χ0v) is 11.0. The van der Waals surface area contributed by atoms with Gasteiger partial charge in [-0.3, -0.25) is 19.7 Å². The van der Waals surface area contributed by atoms with Gasteiger partial charge in [-0.15, -0.1) is 0 Å². The Kier molecular flexibility index (Phi) is 3.17. The molecule has 1 aliphatic carbocycles. The highest BCUT2D eigenvalue weighted by atomic mass is 16.6. The molecule has 0 radical (unpaired) electrons. The van der Waals surface area contributed by atoms with Gasteiger partial charge in [0.15, 0.2) is 0 Å². The largest absolute Gasteiger partial charge is 0.324 e. The maximum atomic E-state index is 12.3. The molecule has 2 N–H and O–H groups in total. The highest BCUT2D eigenvalue weighted by molar-refractivity contribution is 6.06. The van der Waals surface area contributed by atoms with Crippen molar-refractivity contribution in [3.05, 3.63) is 40.5 Å². The lowest BCUT2D eigenvalue weighted by molar-refractivity contribution is -0.384. The molecular formula is C14H13N3O4. The molecule has 2 amide bonds. The number of nitrogens with one attached hydrogen (secondary N) is 2. The van der Waals surface area contributed by atoms with Gasteiger partial charge in [0.1, 0.15) is 0 Å². The molecule has 2 atom stereocenters. The zero-order chi connectivity index (χ0) is 15.0. The SMILES string of the molecule is O=C1Nc2ccc([N+](=O)[O-])cc2NC(=O)[C@@H]2CC=CC[C@H]12. The van der Waals surface area contributed by atoms with Crippen LogP contribution in [-0.4, -0.2) is 16.7 Å². The van der Waals surface area contributed by atoms with Crippen molar-refractivity contribution in [2.24, 2.45) is 11.8 Å². The number of amides is 2. The second kappa shape index (κ2) is 5.01. The fourth-order valence-electron chi connectivity index (χ4n) is 2.70. The average molecular weight is 287 g/mol. The molecule has 0 spiro atoms. The lowest BCUT2D eigenvalue weighted by Gasteiger charge is -2.29. The van der Waals surface area contributed by atoms with Crippen LogP contribution in [0.5, 0.6) is 0 Å². The smallest absolute Gasteiger partial charge is 0.271 e. The molecule has 0 fully saturated rings. The van der Waals surface area contributed by atoms with Gasteiger partial charge in [0.2, 0.25) is 11.8 Å². The van der Waals surface area contributed by atoms with E-state index in [1.807, 2.05) is 12.2 Å². The standard InChI is InChI=1S/C14H13N3O4/c18-13-9-3-1-2-4-10(9)14(19)16-12-7-8(17(20)21)5-6-11(12)15-13/h1-2,5-7,9-10H,3-4H2,(H,15,18)(H,16,19)/t9-,10+/m0/s1. The van der Waals surface area contributed by atoms with Crippen LogP contribution in [0.4, 0.5) is 17.1 Å². The molecule has 21 heavy (non-hydrogen) atoms. The summed E-state index contributed by atoms with van der Waals surface area (Å²) >= 11 is 0. The van der Waals surface area contributed by atoms with Crippen LogP contribution in [0.15, 0.2) is 30.4 Å². The van der Waals surface area contributed by atoms with E-state index in [1.165, 1.54) is 18.2 Å². The molecule has 108 valence electrons. The first-order valence-corrected chi connectivity index (χ1v) is 6.61. The minimum atomic E-state index is -0.542. The highest BCUT2D eigenvalue weighted by Gasteiger charge is 2.36. The summed E-state index contributed by atoms with van der Waals surface area (Å²) in [6.45, 7) is 0. The van der Waals surface area contributed by atoms with Crippen molar-refractivity contribution in [2.45, 2.75) is 12.8 Å². The fraction of sp³-hybridized carbons (Fsp3) is 0.286. The first-order valence-electron chi connectivity index (χ1n) is 6.61. The van der Waals surface area contributed by atoms with Crippen molar-refractivity contribution in [2.75, 3.05) is 10.6 Å². The summed E-state index contributed by atoms with van der Waals surface area (Å²) < 4.78 is 0. The molecule has 1 aromatic rings. The van der Waals surface area contributed by atoms with Crippen molar-refractivity contribution in [3.8, 4) is 0 Å². The van der Waals surface area contributed by atoms with Crippen molar-refractivity contribution in [3.63, 3.8) is 0 Å². The number of carbonyl (C=O) groups excluding carboxylic acids is 2. The third kappa shape index (κ3) is 2.37. The van der Waals surface area contributed by atoms with Gasteiger partial charge >= 0.3 is 0 Å². The molecular weight excluding hydrogens is 274 g/mol. The van der Waals surface area contributed by atoms with Gasteiger partial charge in [-0.1, -0.05) is 12.2 Å². The number of hydrogen-bond donors (Lipinski definition) is 2. The molecule has 0 unspecified atom stereocenters. The monoisotopic (exact) mass is 287 g/mol. The lowest BCUT2D eigenvalue weighted by atomic mass is 9.81. The van der Waals surface area contributed by atoms with Crippen LogP contribution in [0.3, 0.4) is 0 Å². The maximum absolute atomic E-state index is 12.3. The average Bonchev–Trinajstić information content (AvgIpc) is 2.47. The van der Waals surface area contributed by atoms with Crippen LogP contribution in [-0.2, 0) is 9.59 Å². The maximum Gasteiger partial charge on any atom is 0.271 e. The third-order valence-corrected chi connectivity index (χ3v) is 3.84. The van der Waals surface area contributed by atoms with E-state index in [0.717, 1.165) is 0 Å². The predicted molar refractivity (Wildman–Crippen MR) is 75.7 cm³/mol. The van der Waals surface area contributed by atoms with Crippen LogP contribution in [0.25, 0.3) is 0 Å². The Morgan fingerprint density at radius 3 is 2.14 bits per heavy atom. The number of fused-ring (bicyclic) bond motifs is 2. The van der Waals surface area contributed by atoms with E-state index >= 15 is 0 Å². The fourth-order valence-corrected chi connectivity index (χ4v) is 2.70. The van der Waals surface area contributed by atoms with Crippen LogP contribution in [0.1, 0.15) is 12.8 Å². The number of nitrogens with zero attached hydrogens (tertiary/aromatic N) is 1. The molecule has 7 heteroatoms. The van der Waals surface area contributed by atoms with Gasteiger partial charge in [-0.05, 0) is 18.9 Å². The molecule has 3 rings (SSSR count). The van der Waals surface area contributed by atoms with Crippen molar-refractivity contribution >= 4 is 28.9 Å². The number of non-ortho nitro benzene ring substituents is 1. The van der Waals surface area contributed by atoms with E-state index in [0.29, 0.717) is 18.5 Å². The summed E-state index contributed by atoms with van der Waals surface area (Å²) in [6.07, 6.45) is 4.79. The Morgan fingerprint density at radius 2 is 1.57 bits per heavy atom. The second-order valence-corrected chi connectivity index (χ2v) is 5.12. The van der Waals surface area contributed by atoms with E-state index in [1.54, 1.807) is 0 Å². The van der Waals surface area contributed by atoms with Gasteiger partial charge < -0.3 is 10.6 Å². The van der Waals surface area contributed by atoms with Gasteiger partial charge in [-0.2, -0.15) is 0 Å². The van der Waals surface area contributed by atoms with Crippen LogP contribution >= 0.6 is 0 Å². The Labute approximate surface area is 120 Å². The highest BCUT2D eigenvalue weighted by Crippen LogP contribution is 2.34. The predicted octanol–water partition coefficient (Wildman–Crippen LogP) is 2.07. The minimum Gasteiger partial charge on any atom is -0.324 e. The number of nitro groups is 1. The van der Waals surface area contributed by atoms with Gasteiger partial charge in [-0.25, -0.2) is 0 Å². The molecule has 0 saturated heterocycles. The molecule has 7 nitrogen and oxygen atoms in total. The number of hydrogen-bond acceptors (Lipinski definition) is 4. The van der Waals surface area contributed by atoms with Crippen LogP contribution < -0.4 is 10.6 Å². The number of benzene rings is 1. The third-order valence-electron chi connectivity index (χ3n) is 3.84. The zero-order valence-electron chi connectivity index (χ0n) is 11.0. The van der Waals surface area contributed by atoms with E-state index in [-0.39, 0.29) is 23.2 Å². The number of rotatable bonds is 1. The number of nitro benzene ring substituents is 1. The van der Waals surface area contributed by atoms with Crippen molar-refractivity contribution in [1.82, 2.24) is 0 Å². The normalized spacial score (nSPS) is 24.0. The van der Waals surface area contributed by atoms with Crippen LogP contribution in [0.2, 0.25) is 0 Å². The Morgan fingerprint density at radius 1 is 1.00 bits per heavy atom. The summed E-state index contributed by atoms with van der Waals surface area (Å²) in [7, 11) is 0. The first kappa shape index (κ1) is 13.3. The summed E-state index contributed by atoms with van der Waals surface area (Å²) in [5.41, 5.74) is 0.506. The number of anilines is 2. The van der Waals surface area contributed by atoms with Crippen molar-refractivity contribution in [1.29, 1.82) is 0 Å². The number of carbonyl (C=O) groups is 2. The van der Waals surface area contributed by atoms with E-state index in [9.17, 15) is 19.7 Å². The summed E-state index contributed by atoms with van der Waals surface area (Å²) in [5.74, 6) is -1.35. The van der Waals surface area contributed by atoms with Gasteiger partial charge in [0.05, 0.1) is 28.1 Å². The molecule has 2 aliphatic rings. The van der Waals surface area contributed by atoms with Gasteiger partial charge in [0.25, 0.3) is 5.69 Å². The molecule has 0 aromatic heterocycles. The lowest BCUT2D eigenvalue weighted by Crippen LogP contribution is -2.39. The Hall–Kier alpha value is -2.70. The van der Waals surface area contributed by atoms with E-state index in [2.05, 4.69) is 10.6 Å². The summed E-state index contributed by atoms with van der Waals surface area (Å²) in [5, 5.41) is 16.2. The molecule has 1 heterocycles. The van der Waals surface area contributed by atoms with E-state index in [4.69, 9.17) is 0 Å². The number of allylic oxidation sites excluding steroid dienone is 2. The van der Waals surface area contributed by atoms with Crippen molar-refractivity contribution < 1.29 is 14.5 Å². The molecule has 1 aliphatic heterocycles. The Balaban J connectivity index is 2.01. The topological polar surface area (TPSA) is 101 Å². The van der Waals surface area contributed by atoms with E-state index < -0.39 is 16.8 Å².